The van der Waals surface area contributed by atoms with Crippen molar-refractivity contribution in [3.8, 4) is 0 Å². The lowest BCUT2D eigenvalue weighted by atomic mass is 10.0. The number of aryl methyl sites for hydroxylation is 2. The molecule has 0 radical (unpaired) electrons. The lowest BCUT2D eigenvalue weighted by molar-refractivity contribution is -0.136. The predicted molar refractivity (Wildman–Crippen MR) is 123 cm³/mol. The first-order valence-electron chi connectivity index (χ1n) is 11.5. The third-order valence-corrected chi connectivity index (χ3v) is 6.07. The van der Waals surface area contributed by atoms with Crippen molar-refractivity contribution in [2.45, 2.75) is 65.5 Å². The van der Waals surface area contributed by atoms with Gasteiger partial charge in [-0.15, -0.1) is 5.10 Å². The maximum Gasteiger partial charge on any atom is 0.222 e. The number of carbonyl (C=O) groups is 1. The minimum absolute atomic E-state index is 0.0523. The average Bonchev–Trinajstić information content (AvgIpc) is 3.21. The van der Waals surface area contributed by atoms with Gasteiger partial charge in [0.05, 0.1) is 31.6 Å². The van der Waals surface area contributed by atoms with Crippen LogP contribution in [-0.4, -0.2) is 74.7 Å². The third kappa shape index (κ3) is 6.85. The average molecular weight is 444 g/mol. The molecule has 1 aliphatic rings. The van der Waals surface area contributed by atoms with E-state index in [0.29, 0.717) is 32.5 Å². The van der Waals surface area contributed by atoms with Crippen LogP contribution in [-0.2, 0) is 29.2 Å². The lowest BCUT2D eigenvalue weighted by Gasteiger charge is -2.35. The van der Waals surface area contributed by atoms with Crippen LogP contribution in [0.5, 0.6) is 0 Å². The van der Waals surface area contributed by atoms with Crippen molar-refractivity contribution in [2.24, 2.45) is 5.92 Å². The zero-order valence-corrected chi connectivity index (χ0v) is 19.8. The van der Waals surface area contributed by atoms with E-state index in [1.54, 1.807) is 4.68 Å². The Balaban J connectivity index is 1.76. The highest BCUT2D eigenvalue weighted by Gasteiger charge is 2.28. The van der Waals surface area contributed by atoms with Gasteiger partial charge in [-0.3, -0.25) is 14.4 Å². The topological polar surface area (TPSA) is 83.7 Å². The number of nitrogens with zero attached hydrogens (tertiary/aromatic N) is 5. The minimum atomic E-state index is -0.224. The van der Waals surface area contributed by atoms with Crippen LogP contribution in [0.4, 0.5) is 0 Å². The lowest BCUT2D eigenvalue weighted by Crippen LogP contribution is -2.47. The fourth-order valence-electron chi connectivity index (χ4n) is 4.19. The Kier molecular flexibility index (Phi) is 8.78. The van der Waals surface area contributed by atoms with Crippen molar-refractivity contribution in [3.05, 3.63) is 47.3 Å². The van der Waals surface area contributed by atoms with Gasteiger partial charge in [-0.1, -0.05) is 42.0 Å². The normalized spacial score (nSPS) is 21.7. The second-order valence-electron chi connectivity index (χ2n) is 9.17. The predicted octanol–water partition coefficient (Wildman–Crippen LogP) is 2.24. The Morgan fingerprint density at radius 3 is 2.94 bits per heavy atom. The molecule has 8 nitrogen and oxygen atoms in total. The molecule has 1 N–H and O–H groups in total. The fraction of sp³-hybridized carbons (Fsp3) is 0.625. The quantitative estimate of drug-likeness (QED) is 0.737. The molecule has 0 fully saturated rings. The number of aromatic nitrogens is 3. The first-order chi connectivity index (χ1) is 15.4. The summed E-state index contributed by atoms with van der Waals surface area (Å²) in [7, 11) is 2.09. The SMILES string of the molecule is Cc1cccc(CN(C)C[C@@H]2OCc3cn(nn3)CCCC(=O)N([C@@H](C)CO)C[C@@H]2C)c1. The molecule has 1 aliphatic heterocycles. The Morgan fingerprint density at radius 2 is 2.19 bits per heavy atom. The van der Waals surface area contributed by atoms with Crippen molar-refractivity contribution in [2.75, 3.05) is 26.7 Å². The zero-order chi connectivity index (χ0) is 23.1. The molecule has 0 aliphatic carbocycles. The number of benzene rings is 1. The van der Waals surface area contributed by atoms with Crippen LogP contribution in [0.25, 0.3) is 0 Å². The van der Waals surface area contributed by atoms with Crippen molar-refractivity contribution < 1.29 is 14.6 Å². The largest absolute Gasteiger partial charge is 0.394 e. The molecule has 0 spiro atoms. The zero-order valence-electron chi connectivity index (χ0n) is 19.8. The first kappa shape index (κ1) is 24.4. The maximum absolute atomic E-state index is 12.9. The number of ether oxygens (including phenoxy) is 1. The van der Waals surface area contributed by atoms with Crippen molar-refractivity contribution in [3.63, 3.8) is 0 Å². The number of aliphatic hydroxyl groups is 1. The monoisotopic (exact) mass is 443 g/mol. The highest BCUT2D eigenvalue weighted by atomic mass is 16.5. The number of likely N-dealkylation sites (N-methyl/N-ethyl adjacent to an activating group) is 1. The molecular weight excluding hydrogens is 406 g/mol. The molecule has 2 heterocycles. The van der Waals surface area contributed by atoms with E-state index in [4.69, 9.17) is 4.74 Å². The Bertz CT molecular complexity index is 871. The van der Waals surface area contributed by atoms with Gasteiger partial charge in [-0.05, 0) is 32.9 Å². The van der Waals surface area contributed by atoms with Crippen LogP contribution in [0.1, 0.15) is 43.5 Å². The number of aliphatic hydroxyl groups excluding tert-OH is 1. The highest BCUT2D eigenvalue weighted by Crippen LogP contribution is 2.18. The molecule has 32 heavy (non-hydrogen) atoms. The van der Waals surface area contributed by atoms with E-state index in [1.807, 2.05) is 18.0 Å². The number of carbonyl (C=O) groups excluding carboxylic acids is 1. The fourth-order valence-corrected chi connectivity index (χ4v) is 4.19. The molecule has 8 heteroatoms. The summed E-state index contributed by atoms with van der Waals surface area (Å²) in [6.07, 6.45) is 2.91. The summed E-state index contributed by atoms with van der Waals surface area (Å²) in [5.41, 5.74) is 3.31. The second kappa shape index (κ2) is 11.5. The van der Waals surface area contributed by atoms with E-state index >= 15 is 0 Å². The summed E-state index contributed by atoms with van der Waals surface area (Å²) in [5, 5.41) is 18.1. The van der Waals surface area contributed by atoms with Crippen LogP contribution in [0.2, 0.25) is 0 Å². The van der Waals surface area contributed by atoms with Gasteiger partial charge in [0.2, 0.25) is 5.91 Å². The van der Waals surface area contributed by atoms with Gasteiger partial charge in [-0.2, -0.15) is 0 Å². The van der Waals surface area contributed by atoms with Gasteiger partial charge in [0.25, 0.3) is 0 Å². The molecule has 0 saturated heterocycles. The molecule has 1 aromatic heterocycles. The van der Waals surface area contributed by atoms with Crippen molar-refractivity contribution >= 4 is 5.91 Å². The molecule has 2 bridgehead atoms. The number of rotatable bonds is 6. The van der Waals surface area contributed by atoms with E-state index in [9.17, 15) is 9.90 Å². The van der Waals surface area contributed by atoms with Gasteiger partial charge in [0.1, 0.15) is 5.69 Å². The molecule has 3 rings (SSSR count). The van der Waals surface area contributed by atoms with Crippen LogP contribution < -0.4 is 0 Å². The minimum Gasteiger partial charge on any atom is -0.394 e. The number of amides is 1. The number of fused-ring (bicyclic) bond motifs is 2. The van der Waals surface area contributed by atoms with E-state index in [-0.39, 0.29) is 30.6 Å². The van der Waals surface area contributed by atoms with Gasteiger partial charge in [0.15, 0.2) is 0 Å². The van der Waals surface area contributed by atoms with E-state index in [1.165, 1.54) is 11.1 Å². The standard InChI is InChI=1S/C24H37N5O3/c1-18-7-5-8-21(11-18)13-27(4)15-23-19(2)12-29(20(3)16-30)24(31)9-6-10-28-14-22(17-32-23)25-26-28/h5,7-8,11,14,19-20,23,30H,6,9-10,12-13,15-17H2,1-4H3/t19-,20-,23-/m0/s1. The Labute approximate surface area is 191 Å². The molecule has 1 aromatic carbocycles. The number of hydrogen-bond acceptors (Lipinski definition) is 6. The molecular formula is C24H37N5O3. The Hall–Kier alpha value is -2.29. The number of hydrogen-bond donors (Lipinski definition) is 1. The summed E-state index contributed by atoms with van der Waals surface area (Å²) in [6.45, 7) is 9.17. The van der Waals surface area contributed by atoms with Gasteiger partial charge in [0, 0.05) is 38.5 Å². The van der Waals surface area contributed by atoms with Crippen molar-refractivity contribution in [1.29, 1.82) is 0 Å². The smallest absolute Gasteiger partial charge is 0.222 e. The molecule has 1 amide bonds. The molecule has 0 saturated carbocycles. The van der Waals surface area contributed by atoms with Gasteiger partial charge < -0.3 is 14.7 Å². The van der Waals surface area contributed by atoms with E-state index in [2.05, 4.69) is 60.4 Å². The van der Waals surface area contributed by atoms with Crippen LogP contribution in [0.3, 0.4) is 0 Å². The highest BCUT2D eigenvalue weighted by molar-refractivity contribution is 5.76. The van der Waals surface area contributed by atoms with Crippen LogP contribution in [0.15, 0.2) is 30.5 Å². The molecule has 3 atom stereocenters. The first-order valence-corrected chi connectivity index (χ1v) is 11.5. The van der Waals surface area contributed by atoms with Gasteiger partial charge >= 0.3 is 0 Å². The summed E-state index contributed by atoms with van der Waals surface area (Å²) < 4.78 is 8.11. The third-order valence-electron chi connectivity index (χ3n) is 6.07. The van der Waals surface area contributed by atoms with E-state index < -0.39 is 0 Å². The van der Waals surface area contributed by atoms with Crippen molar-refractivity contribution in [1.82, 2.24) is 24.8 Å². The van der Waals surface area contributed by atoms with Gasteiger partial charge in [-0.25, -0.2) is 0 Å². The summed E-state index contributed by atoms with van der Waals surface area (Å²) in [4.78, 5) is 17.0. The summed E-state index contributed by atoms with van der Waals surface area (Å²) >= 11 is 0. The Morgan fingerprint density at radius 1 is 1.38 bits per heavy atom. The van der Waals surface area contributed by atoms with Crippen LogP contribution >= 0.6 is 0 Å². The van der Waals surface area contributed by atoms with Crippen LogP contribution in [0, 0.1) is 12.8 Å². The van der Waals surface area contributed by atoms with E-state index in [0.717, 1.165) is 18.8 Å². The molecule has 2 aromatic rings. The molecule has 176 valence electrons. The summed E-state index contributed by atoms with van der Waals surface area (Å²) in [6, 6.07) is 8.30. The maximum atomic E-state index is 12.9. The molecule has 0 unspecified atom stereocenters. The summed E-state index contributed by atoms with van der Waals surface area (Å²) in [5.74, 6) is 0.147. The second-order valence-corrected chi connectivity index (χ2v) is 9.17.